The number of rotatable bonds is 3. The largest absolute Gasteiger partial charge is 0.396 e. The summed E-state index contributed by atoms with van der Waals surface area (Å²) in [5.74, 6) is 0.578. The molecule has 5 nitrogen and oxygen atoms in total. The summed E-state index contributed by atoms with van der Waals surface area (Å²) in [4.78, 5) is 8.31. The number of nitrogen functional groups attached to an aromatic ring is 1. The quantitative estimate of drug-likeness (QED) is 0.853. The Morgan fingerprint density at radius 2 is 2.17 bits per heavy atom. The smallest absolute Gasteiger partial charge is 0.149 e. The molecule has 0 aromatic carbocycles. The molecule has 2 aromatic heterocycles. The van der Waals surface area contributed by atoms with Crippen LogP contribution >= 0.6 is 0 Å². The lowest BCUT2D eigenvalue weighted by atomic mass is 10.2. The van der Waals surface area contributed by atoms with Crippen LogP contribution < -0.4 is 11.1 Å². The third-order valence-corrected chi connectivity index (χ3v) is 2.48. The number of aryl methyl sites for hydroxylation is 1. The zero-order valence-electron chi connectivity index (χ0n) is 10.0. The lowest BCUT2D eigenvalue weighted by Gasteiger charge is -2.08. The van der Waals surface area contributed by atoms with E-state index >= 15 is 0 Å². The maximum Gasteiger partial charge on any atom is 0.149 e. The van der Waals surface area contributed by atoms with E-state index in [2.05, 4.69) is 15.3 Å². The molecule has 0 bridgehead atoms. The van der Waals surface area contributed by atoms with Gasteiger partial charge in [-0.05, 0) is 24.6 Å². The molecule has 0 atom stereocenters. The van der Waals surface area contributed by atoms with Crippen LogP contribution in [-0.4, -0.2) is 9.97 Å². The first-order valence-corrected chi connectivity index (χ1v) is 5.50. The Balaban J connectivity index is 2.06. The predicted molar refractivity (Wildman–Crippen MR) is 69.7 cm³/mol. The molecular weight excluding hydrogens is 226 g/mol. The summed E-state index contributed by atoms with van der Waals surface area (Å²) >= 11 is 0. The number of aromatic nitrogens is 2. The van der Waals surface area contributed by atoms with Gasteiger partial charge in [0.1, 0.15) is 11.9 Å². The third-order valence-electron chi connectivity index (χ3n) is 2.48. The zero-order valence-corrected chi connectivity index (χ0v) is 10.0. The molecule has 0 spiro atoms. The monoisotopic (exact) mass is 239 g/mol. The fourth-order valence-corrected chi connectivity index (χ4v) is 1.48. The highest BCUT2D eigenvalue weighted by atomic mass is 15.0. The van der Waals surface area contributed by atoms with Crippen LogP contribution in [0.5, 0.6) is 0 Å². The molecule has 0 saturated heterocycles. The van der Waals surface area contributed by atoms with E-state index in [0.29, 0.717) is 23.6 Å². The first-order chi connectivity index (χ1) is 8.69. The molecule has 5 heteroatoms. The van der Waals surface area contributed by atoms with Gasteiger partial charge in [-0.1, -0.05) is 6.07 Å². The summed E-state index contributed by atoms with van der Waals surface area (Å²) in [6.45, 7) is 2.54. The van der Waals surface area contributed by atoms with E-state index in [1.807, 2.05) is 31.3 Å². The number of hydrogen-bond donors (Lipinski definition) is 2. The van der Waals surface area contributed by atoms with Crippen molar-refractivity contribution in [2.45, 2.75) is 13.5 Å². The van der Waals surface area contributed by atoms with Gasteiger partial charge < -0.3 is 11.1 Å². The molecule has 2 heterocycles. The Kier molecular flexibility index (Phi) is 3.39. The van der Waals surface area contributed by atoms with Crippen molar-refractivity contribution in [1.29, 1.82) is 5.26 Å². The average molecular weight is 239 g/mol. The summed E-state index contributed by atoms with van der Waals surface area (Å²) in [7, 11) is 0. The minimum Gasteiger partial charge on any atom is -0.396 e. The standard InChI is InChI=1S/C13H13N5/c1-9-2-3-10(6-16-9)7-17-13-12(15)4-11(5-14)8-18-13/h2-4,6,8H,7,15H2,1H3,(H,17,18). The molecule has 0 amide bonds. The van der Waals surface area contributed by atoms with Crippen LogP contribution in [0.3, 0.4) is 0 Å². The average Bonchev–Trinajstić information content (AvgIpc) is 2.39. The van der Waals surface area contributed by atoms with Crippen LogP contribution in [0.1, 0.15) is 16.8 Å². The molecule has 0 saturated carbocycles. The van der Waals surface area contributed by atoms with Gasteiger partial charge in [0.25, 0.3) is 0 Å². The number of nitrogens with one attached hydrogen (secondary N) is 1. The summed E-state index contributed by atoms with van der Waals surface area (Å²) in [6.07, 6.45) is 3.30. The maximum absolute atomic E-state index is 8.71. The van der Waals surface area contributed by atoms with Crippen molar-refractivity contribution >= 4 is 11.5 Å². The molecular formula is C13H13N5. The molecule has 3 N–H and O–H groups in total. The van der Waals surface area contributed by atoms with Crippen molar-refractivity contribution in [3.63, 3.8) is 0 Å². The minimum atomic E-state index is 0.454. The van der Waals surface area contributed by atoms with Crippen LogP contribution in [0.15, 0.2) is 30.6 Å². The number of nitrogens with two attached hydrogens (primary N) is 1. The van der Waals surface area contributed by atoms with Crippen LogP contribution in [0.2, 0.25) is 0 Å². The van der Waals surface area contributed by atoms with E-state index in [-0.39, 0.29) is 0 Å². The van der Waals surface area contributed by atoms with Gasteiger partial charge in [-0.3, -0.25) is 4.98 Å². The molecule has 0 aliphatic rings. The highest BCUT2D eigenvalue weighted by Gasteiger charge is 2.02. The Morgan fingerprint density at radius 3 is 2.78 bits per heavy atom. The van der Waals surface area contributed by atoms with Crippen molar-refractivity contribution in [2.75, 3.05) is 11.1 Å². The predicted octanol–water partition coefficient (Wildman–Crippen LogP) is 1.85. The van der Waals surface area contributed by atoms with E-state index in [4.69, 9.17) is 11.0 Å². The molecule has 2 aromatic rings. The second-order valence-electron chi connectivity index (χ2n) is 3.94. The molecule has 0 radical (unpaired) electrons. The number of nitriles is 1. The number of anilines is 2. The molecule has 2 rings (SSSR count). The normalized spacial score (nSPS) is 9.78. The van der Waals surface area contributed by atoms with Crippen LogP contribution in [0, 0.1) is 18.3 Å². The van der Waals surface area contributed by atoms with Crippen molar-refractivity contribution in [3.8, 4) is 6.07 Å². The van der Waals surface area contributed by atoms with Gasteiger partial charge in [0.2, 0.25) is 0 Å². The van der Waals surface area contributed by atoms with Gasteiger partial charge in [-0.2, -0.15) is 5.26 Å². The van der Waals surface area contributed by atoms with Gasteiger partial charge in [0.15, 0.2) is 0 Å². The van der Waals surface area contributed by atoms with Crippen molar-refractivity contribution in [2.24, 2.45) is 0 Å². The fourth-order valence-electron chi connectivity index (χ4n) is 1.48. The van der Waals surface area contributed by atoms with Gasteiger partial charge in [-0.15, -0.1) is 0 Å². The van der Waals surface area contributed by atoms with Crippen molar-refractivity contribution < 1.29 is 0 Å². The maximum atomic E-state index is 8.71. The lowest BCUT2D eigenvalue weighted by Crippen LogP contribution is -2.05. The topological polar surface area (TPSA) is 87.6 Å². The Hall–Kier alpha value is -2.61. The third kappa shape index (κ3) is 2.74. The zero-order chi connectivity index (χ0) is 13.0. The number of nitrogens with zero attached hydrogens (tertiary/aromatic N) is 3. The molecule has 0 unspecified atom stereocenters. The SMILES string of the molecule is Cc1ccc(CNc2ncc(C#N)cc2N)cn1. The fraction of sp³-hybridized carbons (Fsp3) is 0.154. The van der Waals surface area contributed by atoms with Crippen LogP contribution in [0.4, 0.5) is 11.5 Å². The van der Waals surface area contributed by atoms with E-state index in [9.17, 15) is 0 Å². The summed E-state index contributed by atoms with van der Waals surface area (Å²) in [6, 6.07) is 7.54. The lowest BCUT2D eigenvalue weighted by molar-refractivity contribution is 1.07. The molecule has 0 aliphatic heterocycles. The molecule has 0 aliphatic carbocycles. The minimum absolute atomic E-state index is 0.454. The summed E-state index contributed by atoms with van der Waals surface area (Å²) < 4.78 is 0. The Bertz CT molecular complexity index is 583. The molecule has 0 fully saturated rings. The van der Waals surface area contributed by atoms with Gasteiger partial charge in [-0.25, -0.2) is 4.98 Å². The van der Waals surface area contributed by atoms with E-state index in [0.717, 1.165) is 11.3 Å². The highest BCUT2D eigenvalue weighted by molar-refractivity contribution is 5.63. The second-order valence-corrected chi connectivity index (χ2v) is 3.94. The number of pyridine rings is 2. The molecule has 18 heavy (non-hydrogen) atoms. The summed E-state index contributed by atoms with van der Waals surface area (Å²) in [5, 5.41) is 11.8. The van der Waals surface area contributed by atoms with E-state index in [1.165, 1.54) is 6.20 Å². The van der Waals surface area contributed by atoms with E-state index < -0.39 is 0 Å². The Labute approximate surface area is 105 Å². The van der Waals surface area contributed by atoms with Gasteiger partial charge in [0, 0.05) is 24.6 Å². The Morgan fingerprint density at radius 1 is 1.33 bits per heavy atom. The van der Waals surface area contributed by atoms with Crippen LogP contribution in [0.25, 0.3) is 0 Å². The van der Waals surface area contributed by atoms with Gasteiger partial charge in [0.05, 0.1) is 11.3 Å². The van der Waals surface area contributed by atoms with Crippen LogP contribution in [-0.2, 0) is 6.54 Å². The van der Waals surface area contributed by atoms with E-state index in [1.54, 1.807) is 6.07 Å². The highest BCUT2D eigenvalue weighted by Crippen LogP contribution is 2.16. The number of hydrogen-bond acceptors (Lipinski definition) is 5. The molecule has 90 valence electrons. The van der Waals surface area contributed by atoms with Gasteiger partial charge >= 0.3 is 0 Å². The first-order valence-electron chi connectivity index (χ1n) is 5.50. The van der Waals surface area contributed by atoms with Crippen molar-refractivity contribution in [3.05, 3.63) is 47.4 Å². The first kappa shape index (κ1) is 11.9. The second kappa shape index (κ2) is 5.15. The summed E-state index contributed by atoms with van der Waals surface area (Å²) in [5.41, 5.74) is 8.74. The van der Waals surface area contributed by atoms with Crippen molar-refractivity contribution in [1.82, 2.24) is 9.97 Å².